The van der Waals surface area contributed by atoms with Crippen LogP contribution >= 0.6 is 0 Å². The number of ketones is 1. The predicted octanol–water partition coefficient (Wildman–Crippen LogP) is 1.62. The van der Waals surface area contributed by atoms with Crippen molar-refractivity contribution in [2.75, 3.05) is 13.7 Å². The zero-order chi connectivity index (χ0) is 13.8. The Morgan fingerprint density at radius 1 is 1.33 bits per heavy atom. The third kappa shape index (κ3) is 3.81. The zero-order valence-corrected chi connectivity index (χ0v) is 11.4. The molecule has 0 unspecified atom stereocenters. The fourth-order valence-electron chi connectivity index (χ4n) is 1.60. The fourth-order valence-corrected chi connectivity index (χ4v) is 1.60. The number of rotatable bonds is 4. The minimum Gasteiger partial charge on any atom is -0.370 e. The van der Waals surface area contributed by atoms with Crippen molar-refractivity contribution in [3.8, 4) is 0 Å². The Morgan fingerprint density at radius 3 is 2.33 bits per heavy atom. The van der Waals surface area contributed by atoms with Crippen LogP contribution in [0.2, 0.25) is 0 Å². The van der Waals surface area contributed by atoms with Gasteiger partial charge in [-0.25, -0.2) is 0 Å². The Bertz CT molecular complexity index is 372. The number of hydrogen-bond donors (Lipinski definition) is 1. The molecule has 0 radical (unpaired) electrons. The Kier molecular flexibility index (Phi) is 4.46. The number of hydrogen-bond acceptors (Lipinski definition) is 3. The molecular weight excluding hydrogens is 230 g/mol. The van der Waals surface area contributed by atoms with Crippen molar-refractivity contribution in [3.63, 3.8) is 0 Å². The van der Waals surface area contributed by atoms with Crippen molar-refractivity contribution < 1.29 is 14.3 Å². The first-order valence-electron chi connectivity index (χ1n) is 6.05. The molecule has 0 aromatic rings. The molecule has 1 aliphatic rings. The third-order valence-corrected chi connectivity index (χ3v) is 2.92. The van der Waals surface area contributed by atoms with E-state index in [-0.39, 0.29) is 11.7 Å². The summed E-state index contributed by atoms with van der Waals surface area (Å²) in [7, 11) is 1.59. The number of allylic oxidation sites excluding steroid dienone is 2. The highest BCUT2D eigenvalue weighted by atomic mass is 16.5. The molecule has 0 bridgehead atoms. The maximum absolute atomic E-state index is 11.7. The highest BCUT2D eigenvalue weighted by Gasteiger charge is 2.27. The van der Waals surface area contributed by atoms with Gasteiger partial charge in [0.1, 0.15) is 5.60 Å². The maximum Gasteiger partial charge on any atom is 0.225 e. The molecular formula is C14H21NO3. The number of carbonyl (C=O) groups excluding carboxylic acids is 2. The van der Waals surface area contributed by atoms with Crippen LogP contribution < -0.4 is 5.32 Å². The lowest BCUT2D eigenvalue weighted by Gasteiger charge is -2.28. The Morgan fingerprint density at radius 2 is 1.89 bits per heavy atom. The van der Waals surface area contributed by atoms with Crippen LogP contribution in [0.25, 0.3) is 0 Å². The van der Waals surface area contributed by atoms with Gasteiger partial charge in [0, 0.05) is 25.5 Å². The Hall–Kier alpha value is -1.42. The largest absolute Gasteiger partial charge is 0.370 e. The summed E-state index contributed by atoms with van der Waals surface area (Å²) in [5.41, 5.74) is -0.979. The second-order valence-electron chi connectivity index (χ2n) is 5.48. The molecule has 0 aromatic carbocycles. The third-order valence-electron chi connectivity index (χ3n) is 2.92. The first-order chi connectivity index (χ1) is 8.29. The molecule has 18 heavy (non-hydrogen) atoms. The van der Waals surface area contributed by atoms with Crippen LogP contribution in [0.5, 0.6) is 0 Å². The minimum absolute atomic E-state index is 0.00796. The van der Waals surface area contributed by atoms with Gasteiger partial charge in [-0.2, -0.15) is 0 Å². The maximum atomic E-state index is 11.7. The minimum atomic E-state index is -0.584. The van der Waals surface area contributed by atoms with Crippen molar-refractivity contribution >= 4 is 11.7 Å². The van der Waals surface area contributed by atoms with E-state index < -0.39 is 11.0 Å². The number of methoxy groups -OCH3 is 1. The van der Waals surface area contributed by atoms with Gasteiger partial charge in [0.15, 0.2) is 5.78 Å². The summed E-state index contributed by atoms with van der Waals surface area (Å²) >= 11 is 0. The summed E-state index contributed by atoms with van der Waals surface area (Å²) in [4.78, 5) is 22.8. The molecule has 0 atom stereocenters. The van der Waals surface area contributed by atoms with Crippen LogP contribution in [0, 0.1) is 5.41 Å². The quantitative estimate of drug-likeness (QED) is 0.826. The van der Waals surface area contributed by atoms with Gasteiger partial charge in [-0.05, 0) is 24.3 Å². The van der Waals surface area contributed by atoms with E-state index in [9.17, 15) is 9.59 Å². The van der Waals surface area contributed by atoms with E-state index in [2.05, 4.69) is 5.32 Å². The standard InChI is InChI=1S/C14H21NO3/c1-13(2,3)12(17)15-10-9-14(18-4)7-5-11(16)6-8-14/h5-8H,9-10H2,1-4H3,(H,15,17). The van der Waals surface area contributed by atoms with Crippen LogP contribution in [0.4, 0.5) is 0 Å². The monoisotopic (exact) mass is 251 g/mol. The van der Waals surface area contributed by atoms with Crippen LogP contribution in [0.1, 0.15) is 27.2 Å². The van der Waals surface area contributed by atoms with Gasteiger partial charge < -0.3 is 10.1 Å². The molecule has 4 nitrogen and oxygen atoms in total. The van der Waals surface area contributed by atoms with Crippen molar-refractivity contribution in [2.24, 2.45) is 5.41 Å². The van der Waals surface area contributed by atoms with Crippen LogP contribution in [-0.4, -0.2) is 30.9 Å². The molecule has 0 heterocycles. The average Bonchev–Trinajstić information content (AvgIpc) is 2.31. The normalized spacial score (nSPS) is 17.9. The summed E-state index contributed by atoms with van der Waals surface area (Å²) in [6.07, 6.45) is 7.06. The highest BCUT2D eigenvalue weighted by molar-refractivity contribution is 6.00. The number of nitrogens with one attached hydrogen (secondary N) is 1. The van der Waals surface area contributed by atoms with Crippen molar-refractivity contribution in [1.82, 2.24) is 5.32 Å². The van der Waals surface area contributed by atoms with Gasteiger partial charge in [0.2, 0.25) is 5.91 Å². The molecule has 0 fully saturated rings. The summed E-state index contributed by atoms with van der Waals surface area (Å²) in [5, 5.41) is 2.87. The van der Waals surface area contributed by atoms with Gasteiger partial charge >= 0.3 is 0 Å². The van der Waals surface area contributed by atoms with E-state index in [0.29, 0.717) is 13.0 Å². The lowest BCUT2D eigenvalue weighted by Crippen LogP contribution is -2.39. The van der Waals surface area contributed by atoms with Crippen molar-refractivity contribution in [2.45, 2.75) is 32.8 Å². The van der Waals surface area contributed by atoms with Gasteiger partial charge in [0.25, 0.3) is 0 Å². The lowest BCUT2D eigenvalue weighted by molar-refractivity contribution is -0.128. The van der Waals surface area contributed by atoms with Crippen molar-refractivity contribution in [1.29, 1.82) is 0 Å². The average molecular weight is 251 g/mol. The van der Waals surface area contributed by atoms with E-state index in [1.165, 1.54) is 12.2 Å². The van der Waals surface area contributed by atoms with Crippen LogP contribution in [-0.2, 0) is 14.3 Å². The van der Waals surface area contributed by atoms with Crippen molar-refractivity contribution in [3.05, 3.63) is 24.3 Å². The van der Waals surface area contributed by atoms with E-state index in [0.717, 1.165) is 0 Å². The summed E-state index contributed by atoms with van der Waals surface area (Å²) in [5.74, 6) is -0.0324. The van der Waals surface area contributed by atoms with Gasteiger partial charge in [0.05, 0.1) is 0 Å². The van der Waals surface area contributed by atoms with Gasteiger partial charge in [-0.1, -0.05) is 20.8 Å². The second-order valence-corrected chi connectivity index (χ2v) is 5.48. The molecule has 100 valence electrons. The number of amides is 1. The molecule has 4 heteroatoms. The number of carbonyl (C=O) groups is 2. The fraction of sp³-hybridized carbons (Fsp3) is 0.571. The van der Waals surface area contributed by atoms with Gasteiger partial charge in [-0.15, -0.1) is 0 Å². The topological polar surface area (TPSA) is 55.4 Å². The molecule has 1 aliphatic carbocycles. The molecule has 0 saturated heterocycles. The molecule has 0 aliphatic heterocycles. The molecule has 0 spiro atoms. The SMILES string of the molecule is COC1(CCNC(=O)C(C)(C)C)C=CC(=O)C=C1. The first-order valence-corrected chi connectivity index (χ1v) is 6.05. The smallest absolute Gasteiger partial charge is 0.225 e. The summed E-state index contributed by atoms with van der Waals surface area (Å²) in [6.45, 7) is 6.11. The number of ether oxygens (including phenoxy) is 1. The Labute approximate surface area is 108 Å². The Balaban J connectivity index is 2.52. The first kappa shape index (κ1) is 14.6. The van der Waals surface area contributed by atoms with Gasteiger partial charge in [-0.3, -0.25) is 9.59 Å². The lowest BCUT2D eigenvalue weighted by atomic mass is 9.92. The molecule has 1 N–H and O–H groups in total. The van der Waals surface area contributed by atoms with E-state index in [1.54, 1.807) is 19.3 Å². The van der Waals surface area contributed by atoms with E-state index in [4.69, 9.17) is 4.74 Å². The summed E-state index contributed by atoms with van der Waals surface area (Å²) in [6, 6.07) is 0. The highest BCUT2D eigenvalue weighted by Crippen LogP contribution is 2.22. The molecule has 0 aromatic heterocycles. The second kappa shape index (κ2) is 5.48. The van der Waals surface area contributed by atoms with Crippen LogP contribution in [0.3, 0.4) is 0 Å². The predicted molar refractivity (Wildman–Crippen MR) is 70.1 cm³/mol. The molecule has 1 rings (SSSR count). The molecule has 1 amide bonds. The summed E-state index contributed by atoms with van der Waals surface area (Å²) < 4.78 is 5.42. The van der Waals surface area contributed by atoms with E-state index in [1.807, 2.05) is 20.8 Å². The molecule has 0 saturated carbocycles. The van der Waals surface area contributed by atoms with Crippen LogP contribution in [0.15, 0.2) is 24.3 Å². The zero-order valence-electron chi connectivity index (χ0n) is 11.4. The van der Waals surface area contributed by atoms with E-state index >= 15 is 0 Å².